The van der Waals surface area contributed by atoms with Gasteiger partial charge >= 0.3 is 0 Å². The lowest BCUT2D eigenvalue weighted by Gasteiger charge is -2.22. The molecule has 14 heavy (non-hydrogen) atoms. The van der Waals surface area contributed by atoms with E-state index < -0.39 is 0 Å². The third-order valence-electron chi connectivity index (χ3n) is 3.62. The summed E-state index contributed by atoms with van der Waals surface area (Å²) >= 11 is 1.57. The molecule has 1 aromatic rings. The first-order chi connectivity index (χ1) is 6.77. The van der Waals surface area contributed by atoms with Crippen LogP contribution in [0.1, 0.15) is 31.2 Å². The lowest BCUT2D eigenvalue weighted by Crippen LogP contribution is -2.27. The first kappa shape index (κ1) is 8.53. The molecule has 3 nitrogen and oxygen atoms in total. The molecular weight excluding hydrogens is 194 g/mol. The van der Waals surface area contributed by atoms with Gasteiger partial charge in [0.15, 0.2) is 0 Å². The Hall–Kier alpha value is -0.770. The van der Waals surface area contributed by atoms with Crippen molar-refractivity contribution in [3.8, 4) is 0 Å². The normalized spacial score (nSPS) is 30.2. The zero-order valence-corrected chi connectivity index (χ0v) is 9.18. The van der Waals surface area contributed by atoms with Crippen LogP contribution in [-0.2, 0) is 0 Å². The zero-order valence-electron chi connectivity index (χ0n) is 8.36. The van der Waals surface area contributed by atoms with Crippen LogP contribution in [-0.4, -0.2) is 16.5 Å². The van der Waals surface area contributed by atoms with E-state index in [4.69, 9.17) is 5.73 Å². The van der Waals surface area contributed by atoms with E-state index in [9.17, 15) is 0 Å². The summed E-state index contributed by atoms with van der Waals surface area (Å²) in [4.78, 5) is 2.57. The van der Waals surface area contributed by atoms with E-state index in [-0.39, 0.29) is 0 Å². The van der Waals surface area contributed by atoms with Crippen LogP contribution >= 0.6 is 11.5 Å². The molecule has 4 heteroatoms. The SMILES string of the molecule is Cc1c(N)nsc1N1C2CCC1CC2. The highest BCUT2D eigenvalue weighted by Gasteiger charge is 2.40. The van der Waals surface area contributed by atoms with Crippen molar-refractivity contribution in [2.24, 2.45) is 0 Å². The highest BCUT2D eigenvalue weighted by atomic mass is 32.1. The minimum absolute atomic E-state index is 0.719. The predicted octanol–water partition coefficient (Wildman–Crippen LogP) is 2.16. The summed E-state index contributed by atoms with van der Waals surface area (Å²) in [5, 5.41) is 1.33. The third-order valence-corrected chi connectivity index (χ3v) is 4.60. The van der Waals surface area contributed by atoms with E-state index in [1.165, 1.54) is 36.2 Å². The molecule has 2 aliphatic rings. The number of nitrogens with two attached hydrogens (primary N) is 1. The molecule has 2 aliphatic heterocycles. The van der Waals surface area contributed by atoms with Crippen LogP contribution < -0.4 is 10.6 Å². The number of hydrogen-bond donors (Lipinski definition) is 1. The first-order valence-electron chi connectivity index (χ1n) is 5.27. The maximum absolute atomic E-state index is 5.79. The molecule has 3 rings (SSSR count). The molecule has 2 saturated heterocycles. The van der Waals surface area contributed by atoms with E-state index in [2.05, 4.69) is 16.2 Å². The molecular formula is C10H15N3S. The fourth-order valence-electron chi connectivity index (χ4n) is 2.82. The summed E-state index contributed by atoms with van der Waals surface area (Å²) in [5.41, 5.74) is 6.98. The topological polar surface area (TPSA) is 42.1 Å². The van der Waals surface area contributed by atoms with Crippen molar-refractivity contribution >= 4 is 22.4 Å². The molecule has 0 spiro atoms. The van der Waals surface area contributed by atoms with Crippen LogP contribution in [0.2, 0.25) is 0 Å². The zero-order chi connectivity index (χ0) is 9.71. The van der Waals surface area contributed by atoms with E-state index in [0.29, 0.717) is 0 Å². The summed E-state index contributed by atoms with van der Waals surface area (Å²) in [6.07, 6.45) is 5.45. The predicted molar refractivity (Wildman–Crippen MR) is 59.8 cm³/mol. The molecule has 0 saturated carbocycles. The number of fused-ring (bicyclic) bond motifs is 2. The van der Waals surface area contributed by atoms with Gasteiger partial charge in [0.05, 0.1) is 0 Å². The van der Waals surface area contributed by atoms with Crippen LogP contribution in [0.15, 0.2) is 0 Å². The number of nitrogen functional groups attached to an aromatic ring is 1. The fraction of sp³-hybridized carbons (Fsp3) is 0.700. The molecule has 0 unspecified atom stereocenters. The molecule has 1 aromatic heterocycles. The molecule has 2 N–H and O–H groups in total. The number of anilines is 2. The average molecular weight is 209 g/mol. The van der Waals surface area contributed by atoms with Gasteiger partial charge in [-0.1, -0.05) is 0 Å². The van der Waals surface area contributed by atoms with Crippen molar-refractivity contribution in [2.45, 2.75) is 44.7 Å². The quantitative estimate of drug-likeness (QED) is 0.770. The van der Waals surface area contributed by atoms with E-state index >= 15 is 0 Å². The van der Waals surface area contributed by atoms with Gasteiger partial charge in [-0.2, -0.15) is 4.37 Å². The van der Waals surface area contributed by atoms with Crippen molar-refractivity contribution in [1.82, 2.24) is 4.37 Å². The molecule has 0 radical (unpaired) electrons. The van der Waals surface area contributed by atoms with E-state index in [1.54, 1.807) is 11.5 Å². The maximum atomic E-state index is 5.79. The van der Waals surface area contributed by atoms with Gasteiger partial charge in [-0.3, -0.25) is 0 Å². The fourth-order valence-corrected chi connectivity index (χ4v) is 3.78. The Labute approximate surface area is 88.1 Å². The van der Waals surface area contributed by atoms with Crippen molar-refractivity contribution in [3.63, 3.8) is 0 Å². The summed E-state index contributed by atoms with van der Waals surface area (Å²) in [5.74, 6) is 0.719. The minimum atomic E-state index is 0.719. The van der Waals surface area contributed by atoms with Crippen LogP contribution in [0.3, 0.4) is 0 Å². The number of rotatable bonds is 1. The Morgan fingerprint density at radius 3 is 2.29 bits per heavy atom. The van der Waals surface area contributed by atoms with Crippen LogP contribution in [0.5, 0.6) is 0 Å². The molecule has 0 aromatic carbocycles. The van der Waals surface area contributed by atoms with Crippen molar-refractivity contribution in [3.05, 3.63) is 5.56 Å². The summed E-state index contributed by atoms with van der Waals surface area (Å²) in [7, 11) is 0. The second-order valence-corrected chi connectivity index (χ2v) is 5.12. The van der Waals surface area contributed by atoms with Crippen molar-refractivity contribution in [2.75, 3.05) is 10.6 Å². The third kappa shape index (κ3) is 1.00. The van der Waals surface area contributed by atoms with Gasteiger partial charge in [-0.15, -0.1) is 0 Å². The Kier molecular flexibility index (Phi) is 1.74. The Bertz CT molecular complexity index is 340. The Morgan fingerprint density at radius 2 is 1.86 bits per heavy atom. The monoisotopic (exact) mass is 209 g/mol. The van der Waals surface area contributed by atoms with Gasteiger partial charge in [-0.05, 0) is 44.1 Å². The molecule has 0 amide bonds. The number of hydrogen-bond acceptors (Lipinski definition) is 4. The van der Waals surface area contributed by atoms with Crippen molar-refractivity contribution < 1.29 is 0 Å². The highest BCUT2D eigenvalue weighted by molar-refractivity contribution is 7.10. The van der Waals surface area contributed by atoms with Crippen LogP contribution in [0.25, 0.3) is 0 Å². The number of nitrogens with zero attached hydrogens (tertiary/aromatic N) is 2. The Morgan fingerprint density at radius 1 is 1.29 bits per heavy atom. The van der Waals surface area contributed by atoms with Crippen LogP contribution in [0.4, 0.5) is 10.8 Å². The largest absolute Gasteiger partial charge is 0.383 e. The molecule has 76 valence electrons. The second kappa shape index (κ2) is 2.86. The summed E-state index contributed by atoms with van der Waals surface area (Å²) in [6, 6.07) is 1.55. The number of aromatic nitrogens is 1. The van der Waals surface area contributed by atoms with E-state index in [0.717, 1.165) is 17.9 Å². The van der Waals surface area contributed by atoms with Crippen molar-refractivity contribution in [1.29, 1.82) is 0 Å². The Balaban J connectivity index is 1.99. The maximum Gasteiger partial charge on any atom is 0.142 e. The summed E-state index contributed by atoms with van der Waals surface area (Å²) in [6.45, 7) is 2.09. The van der Waals surface area contributed by atoms with Gasteiger partial charge in [0.1, 0.15) is 10.8 Å². The van der Waals surface area contributed by atoms with Gasteiger partial charge in [0.25, 0.3) is 0 Å². The molecule has 3 heterocycles. The first-order valence-corrected chi connectivity index (χ1v) is 6.05. The van der Waals surface area contributed by atoms with Gasteiger partial charge < -0.3 is 10.6 Å². The summed E-state index contributed by atoms with van der Waals surface area (Å²) < 4.78 is 4.24. The minimum Gasteiger partial charge on any atom is -0.383 e. The molecule has 2 fully saturated rings. The molecule has 0 atom stereocenters. The molecule has 0 aliphatic carbocycles. The average Bonchev–Trinajstić information content (AvgIpc) is 2.84. The molecule has 2 bridgehead atoms. The van der Waals surface area contributed by atoms with Gasteiger partial charge in [0.2, 0.25) is 0 Å². The van der Waals surface area contributed by atoms with E-state index in [1.807, 2.05) is 0 Å². The highest BCUT2D eigenvalue weighted by Crippen LogP contribution is 2.44. The standard InChI is InChI=1S/C10H15N3S/c1-6-9(11)12-14-10(6)13-7-2-3-8(13)5-4-7/h7-8H,2-5H2,1H3,(H2,11,12). The smallest absolute Gasteiger partial charge is 0.142 e. The second-order valence-electron chi connectivity index (χ2n) is 4.37. The lowest BCUT2D eigenvalue weighted by atomic mass is 10.0. The van der Waals surface area contributed by atoms with Gasteiger partial charge in [0, 0.05) is 17.6 Å². The lowest BCUT2D eigenvalue weighted by molar-refractivity contribution is 0.576. The van der Waals surface area contributed by atoms with Gasteiger partial charge in [-0.25, -0.2) is 0 Å². The van der Waals surface area contributed by atoms with Crippen LogP contribution in [0, 0.1) is 6.92 Å².